The molecule has 1 aliphatic rings. The molecule has 1 N–H and O–H groups in total. The molecule has 2 aromatic carbocycles. The highest BCUT2D eigenvalue weighted by Crippen LogP contribution is 2.43. The summed E-state index contributed by atoms with van der Waals surface area (Å²) in [7, 11) is 1.82. The highest BCUT2D eigenvalue weighted by molar-refractivity contribution is 6.07. The zero-order chi connectivity index (χ0) is 27.5. The van der Waals surface area contributed by atoms with Crippen LogP contribution < -0.4 is 0 Å². The fraction of sp³-hybridized carbons (Fsp3) is 0.367. The fourth-order valence-electron chi connectivity index (χ4n) is 5.97. The van der Waals surface area contributed by atoms with Crippen LogP contribution in [0.25, 0.3) is 33.2 Å². The number of ether oxygens (including phenoxy) is 1. The molecule has 0 bridgehead atoms. The maximum atomic E-state index is 15.9. The quantitative estimate of drug-likeness (QED) is 0.310. The SMILES string of the molecule is Cc1nnn(C)c1-c1cnc2c3c(F)cc(C(C)(C)O)cc3n([C@H](c3cccc(F)c3)C3CCOCC3)c2c1. The maximum Gasteiger partial charge on any atom is 0.135 e. The molecule has 0 radical (unpaired) electrons. The lowest BCUT2D eigenvalue weighted by atomic mass is 9.86. The lowest BCUT2D eigenvalue weighted by Crippen LogP contribution is -2.27. The Hall–Kier alpha value is -3.69. The van der Waals surface area contributed by atoms with Crippen LogP contribution in [0.4, 0.5) is 8.78 Å². The number of hydrogen-bond acceptors (Lipinski definition) is 5. The zero-order valence-corrected chi connectivity index (χ0v) is 22.4. The Kier molecular flexibility index (Phi) is 6.23. The summed E-state index contributed by atoms with van der Waals surface area (Å²) in [6.45, 7) is 6.35. The van der Waals surface area contributed by atoms with E-state index in [9.17, 15) is 9.50 Å². The number of aliphatic hydroxyl groups is 1. The van der Waals surface area contributed by atoms with Crippen LogP contribution in [0.2, 0.25) is 0 Å². The molecule has 7 nitrogen and oxygen atoms in total. The summed E-state index contributed by atoms with van der Waals surface area (Å²) in [4.78, 5) is 4.77. The predicted octanol–water partition coefficient (Wildman–Crippen LogP) is 5.82. The number of nitrogens with zero attached hydrogens (tertiary/aromatic N) is 5. The first-order chi connectivity index (χ1) is 18.6. The van der Waals surface area contributed by atoms with Crippen molar-refractivity contribution in [3.63, 3.8) is 0 Å². The van der Waals surface area contributed by atoms with Gasteiger partial charge in [-0.1, -0.05) is 17.3 Å². The van der Waals surface area contributed by atoms with Crippen LogP contribution in [0.15, 0.2) is 48.7 Å². The molecule has 1 fully saturated rings. The molecule has 4 heterocycles. The minimum atomic E-state index is -1.26. The normalized spacial score (nSPS) is 15.9. The summed E-state index contributed by atoms with van der Waals surface area (Å²) >= 11 is 0. The summed E-state index contributed by atoms with van der Waals surface area (Å²) in [6, 6.07) is 11.5. The van der Waals surface area contributed by atoms with Crippen LogP contribution in [0.5, 0.6) is 0 Å². The summed E-state index contributed by atoms with van der Waals surface area (Å²) in [5, 5.41) is 19.5. The van der Waals surface area contributed by atoms with Gasteiger partial charge >= 0.3 is 0 Å². The van der Waals surface area contributed by atoms with Gasteiger partial charge in [-0.2, -0.15) is 0 Å². The molecular weight excluding hydrogens is 500 g/mol. The third-order valence-corrected chi connectivity index (χ3v) is 7.85. The van der Waals surface area contributed by atoms with E-state index in [1.54, 1.807) is 36.9 Å². The van der Waals surface area contributed by atoms with E-state index in [-0.39, 0.29) is 17.8 Å². The summed E-state index contributed by atoms with van der Waals surface area (Å²) in [6.07, 6.45) is 3.26. The molecule has 0 saturated carbocycles. The summed E-state index contributed by atoms with van der Waals surface area (Å²) < 4.78 is 40.0. The van der Waals surface area contributed by atoms with Gasteiger partial charge in [0, 0.05) is 32.0 Å². The second kappa shape index (κ2) is 9.50. The van der Waals surface area contributed by atoms with Crippen molar-refractivity contribution in [3.05, 3.63) is 77.1 Å². The lowest BCUT2D eigenvalue weighted by molar-refractivity contribution is 0.0552. The smallest absolute Gasteiger partial charge is 0.135 e. The number of benzene rings is 2. The van der Waals surface area contributed by atoms with Crippen molar-refractivity contribution in [2.75, 3.05) is 13.2 Å². The van der Waals surface area contributed by atoms with Gasteiger partial charge in [-0.15, -0.1) is 5.10 Å². The minimum Gasteiger partial charge on any atom is -0.386 e. The Labute approximate surface area is 225 Å². The standard InChI is InChI=1S/C30H31F2N5O2/c1-17-28(36(4)35-34-17)20-13-25-27(33-16-20)26-23(32)14-21(30(2,3)38)15-24(26)37(25)29(18-8-10-39-11-9-18)19-6-5-7-22(31)12-19/h5-7,12-16,18,29,38H,8-11H2,1-4H3/t29-/m0/s1. The predicted molar refractivity (Wildman–Crippen MR) is 145 cm³/mol. The average molecular weight is 532 g/mol. The monoisotopic (exact) mass is 531 g/mol. The van der Waals surface area contributed by atoms with Crippen LogP contribution in [0.1, 0.15) is 49.6 Å². The van der Waals surface area contributed by atoms with Gasteiger partial charge in [0.25, 0.3) is 0 Å². The fourth-order valence-corrected chi connectivity index (χ4v) is 5.97. The molecule has 3 aromatic heterocycles. The maximum absolute atomic E-state index is 15.9. The van der Waals surface area contributed by atoms with Crippen molar-refractivity contribution >= 4 is 21.9 Å². The van der Waals surface area contributed by atoms with Crippen molar-refractivity contribution in [3.8, 4) is 11.3 Å². The molecule has 9 heteroatoms. The van der Waals surface area contributed by atoms with Gasteiger partial charge in [0.05, 0.1) is 45.0 Å². The molecule has 6 rings (SSSR count). The highest BCUT2D eigenvalue weighted by Gasteiger charge is 2.32. The van der Waals surface area contributed by atoms with E-state index >= 15 is 4.39 Å². The number of aromatic nitrogens is 5. The first-order valence-corrected chi connectivity index (χ1v) is 13.2. The average Bonchev–Trinajstić information content (AvgIpc) is 3.40. The Morgan fingerprint density at radius 2 is 1.85 bits per heavy atom. The Morgan fingerprint density at radius 1 is 1.08 bits per heavy atom. The molecule has 0 spiro atoms. The van der Waals surface area contributed by atoms with Gasteiger partial charge in [-0.05, 0) is 81.0 Å². The molecule has 39 heavy (non-hydrogen) atoms. The van der Waals surface area contributed by atoms with Crippen molar-refractivity contribution < 1.29 is 18.6 Å². The number of aryl methyl sites for hydroxylation is 2. The van der Waals surface area contributed by atoms with Gasteiger partial charge in [-0.25, -0.2) is 13.5 Å². The van der Waals surface area contributed by atoms with Crippen LogP contribution in [0.3, 0.4) is 0 Å². The molecular formula is C30H31F2N5O2. The van der Waals surface area contributed by atoms with E-state index in [1.807, 2.05) is 32.2 Å². The van der Waals surface area contributed by atoms with E-state index in [0.717, 1.165) is 40.9 Å². The largest absolute Gasteiger partial charge is 0.386 e. The van der Waals surface area contributed by atoms with E-state index in [0.29, 0.717) is 35.2 Å². The third kappa shape index (κ3) is 4.39. The van der Waals surface area contributed by atoms with Crippen molar-refractivity contribution in [1.82, 2.24) is 24.5 Å². The van der Waals surface area contributed by atoms with Crippen molar-refractivity contribution in [1.29, 1.82) is 0 Å². The van der Waals surface area contributed by atoms with Crippen LogP contribution in [0, 0.1) is 24.5 Å². The van der Waals surface area contributed by atoms with Gasteiger partial charge in [0.15, 0.2) is 0 Å². The van der Waals surface area contributed by atoms with Gasteiger partial charge in [0.1, 0.15) is 11.6 Å². The molecule has 0 unspecified atom stereocenters. The third-order valence-electron chi connectivity index (χ3n) is 7.85. The van der Waals surface area contributed by atoms with Crippen LogP contribution >= 0.6 is 0 Å². The van der Waals surface area contributed by atoms with E-state index < -0.39 is 11.4 Å². The summed E-state index contributed by atoms with van der Waals surface area (Å²) in [5.41, 5.74) is 4.17. The van der Waals surface area contributed by atoms with Crippen molar-refractivity contribution in [2.45, 2.75) is 45.3 Å². The molecule has 1 atom stereocenters. The van der Waals surface area contributed by atoms with E-state index in [1.165, 1.54) is 12.1 Å². The molecule has 0 amide bonds. The lowest BCUT2D eigenvalue weighted by Gasteiger charge is -2.33. The zero-order valence-electron chi connectivity index (χ0n) is 22.4. The highest BCUT2D eigenvalue weighted by atomic mass is 19.1. The second-order valence-electron chi connectivity index (χ2n) is 11.0. The molecule has 1 saturated heterocycles. The van der Waals surface area contributed by atoms with Crippen molar-refractivity contribution in [2.24, 2.45) is 13.0 Å². The molecule has 0 aliphatic carbocycles. The Morgan fingerprint density at radius 3 is 2.51 bits per heavy atom. The molecule has 202 valence electrons. The summed E-state index contributed by atoms with van der Waals surface area (Å²) in [5.74, 6) is -0.682. The first-order valence-electron chi connectivity index (χ1n) is 13.2. The van der Waals surface area contributed by atoms with Crippen LogP contribution in [-0.2, 0) is 17.4 Å². The number of rotatable bonds is 5. The molecule has 5 aromatic rings. The first kappa shape index (κ1) is 25.6. The Balaban J connectivity index is 1.73. The molecule has 1 aliphatic heterocycles. The van der Waals surface area contributed by atoms with E-state index in [4.69, 9.17) is 9.72 Å². The van der Waals surface area contributed by atoms with Crippen LogP contribution in [-0.4, -0.2) is 42.9 Å². The van der Waals surface area contributed by atoms with Gasteiger partial charge < -0.3 is 14.4 Å². The number of halogens is 2. The van der Waals surface area contributed by atoms with E-state index in [2.05, 4.69) is 14.9 Å². The van der Waals surface area contributed by atoms with Gasteiger partial charge in [0.2, 0.25) is 0 Å². The number of fused-ring (bicyclic) bond motifs is 3. The minimum absolute atomic E-state index is 0.108. The number of hydrogen-bond donors (Lipinski definition) is 1. The van der Waals surface area contributed by atoms with Gasteiger partial charge in [-0.3, -0.25) is 4.98 Å². The number of pyridine rings is 1. The Bertz CT molecular complexity index is 1680. The topological polar surface area (TPSA) is 78.0 Å². The second-order valence-corrected chi connectivity index (χ2v) is 11.0.